The first kappa shape index (κ1) is 20.1. The van der Waals surface area contributed by atoms with Crippen LogP contribution in [0.25, 0.3) is 0 Å². The molecule has 0 saturated carbocycles. The van der Waals surface area contributed by atoms with Crippen LogP contribution >= 0.6 is 0 Å². The number of benzene rings is 1. The van der Waals surface area contributed by atoms with Gasteiger partial charge in [-0.25, -0.2) is 13.4 Å². The molecule has 2 fully saturated rings. The highest BCUT2D eigenvalue weighted by Gasteiger charge is 2.26. The molecule has 150 valence electrons. The van der Waals surface area contributed by atoms with Gasteiger partial charge in [-0.15, -0.1) is 0 Å². The van der Waals surface area contributed by atoms with Crippen LogP contribution < -0.4 is 10.6 Å². The van der Waals surface area contributed by atoms with E-state index in [9.17, 15) is 8.42 Å². The SMILES string of the molecule is CCNC(=NCc1ccc(S(=O)(=O)N2CCCC2)cc1)NCC1CCCO1. The fourth-order valence-electron chi connectivity index (χ4n) is 3.37. The van der Waals surface area contributed by atoms with E-state index in [0.29, 0.717) is 24.5 Å². The van der Waals surface area contributed by atoms with Gasteiger partial charge in [0.25, 0.3) is 0 Å². The Bertz CT molecular complexity index is 722. The summed E-state index contributed by atoms with van der Waals surface area (Å²) in [6.07, 6.45) is 4.34. The number of nitrogens with one attached hydrogen (secondary N) is 2. The van der Waals surface area contributed by atoms with Crippen molar-refractivity contribution in [3.63, 3.8) is 0 Å². The van der Waals surface area contributed by atoms with Crippen molar-refractivity contribution in [2.45, 2.75) is 50.2 Å². The van der Waals surface area contributed by atoms with Gasteiger partial charge >= 0.3 is 0 Å². The van der Waals surface area contributed by atoms with Gasteiger partial charge in [-0.3, -0.25) is 0 Å². The van der Waals surface area contributed by atoms with Crippen LogP contribution in [0.15, 0.2) is 34.2 Å². The Hall–Kier alpha value is -1.64. The van der Waals surface area contributed by atoms with E-state index in [1.807, 2.05) is 19.1 Å². The summed E-state index contributed by atoms with van der Waals surface area (Å²) in [5.74, 6) is 0.752. The first-order chi connectivity index (χ1) is 13.1. The predicted molar refractivity (Wildman–Crippen MR) is 106 cm³/mol. The highest BCUT2D eigenvalue weighted by atomic mass is 32.2. The zero-order valence-corrected chi connectivity index (χ0v) is 16.8. The third-order valence-corrected chi connectivity index (χ3v) is 6.82. The predicted octanol–water partition coefficient (Wildman–Crippen LogP) is 1.71. The van der Waals surface area contributed by atoms with Gasteiger partial charge in [-0.05, 0) is 50.3 Å². The highest BCUT2D eigenvalue weighted by molar-refractivity contribution is 7.89. The minimum atomic E-state index is -3.35. The molecule has 0 amide bonds. The second-order valence-electron chi connectivity index (χ2n) is 6.97. The maximum Gasteiger partial charge on any atom is 0.243 e. The Morgan fingerprint density at radius 1 is 1.19 bits per heavy atom. The standard InChI is InChI=1S/C19H30N4O3S/c1-2-20-19(22-15-17-6-5-13-26-17)21-14-16-7-9-18(10-8-16)27(24,25)23-11-3-4-12-23/h7-10,17H,2-6,11-15H2,1H3,(H2,20,21,22). The number of ether oxygens (including phenoxy) is 1. The zero-order valence-electron chi connectivity index (χ0n) is 16.0. The van der Waals surface area contributed by atoms with E-state index in [1.165, 1.54) is 0 Å². The molecule has 0 aromatic heterocycles. The molecular formula is C19H30N4O3S. The number of hydrogen-bond acceptors (Lipinski definition) is 4. The summed E-state index contributed by atoms with van der Waals surface area (Å²) in [6.45, 7) is 6.13. The number of sulfonamides is 1. The summed E-state index contributed by atoms with van der Waals surface area (Å²) in [5.41, 5.74) is 0.977. The van der Waals surface area contributed by atoms with Crippen LogP contribution in [-0.4, -0.2) is 57.6 Å². The van der Waals surface area contributed by atoms with E-state index in [4.69, 9.17) is 4.74 Å². The molecule has 8 heteroatoms. The third kappa shape index (κ3) is 5.43. The fraction of sp³-hybridized carbons (Fsp3) is 0.632. The van der Waals surface area contributed by atoms with Crippen LogP contribution in [0.5, 0.6) is 0 Å². The first-order valence-corrected chi connectivity index (χ1v) is 11.3. The van der Waals surface area contributed by atoms with Crippen molar-refractivity contribution in [1.82, 2.24) is 14.9 Å². The van der Waals surface area contributed by atoms with E-state index >= 15 is 0 Å². The number of aliphatic imine (C=N–C) groups is 1. The highest BCUT2D eigenvalue weighted by Crippen LogP contribution is 2.21. The lowest BCUT2D eigenvalue weighted by Crippen LogP contribution is -2.41. The van der Waals surface area contributed by atoms with Crippen molar-refractivity contribution in [2.24, 2.45) is 4.99 Å². The molecule has 1 unspecified atom stereocenters. The van der Waals surface area contributed by atoms with Gasteiger partial charge in [0.05, 0.1) is 17.5 Å². The molecular weight excluding hydrogens is 364 g/mol. The van der Waals surface area contributed by atoms with Gasteiger partial charge in [0.1, 0.15) is 0 Å². The number of rotatable bonds is 7. The zero-order chi connectivity index (χ0) is 19.1. The lowest BCUT2D eigenvalue weighted by atomic mass is 10.2. The Labute approximate surface area is 162 Å². The van der Waals surface area contributed by atoms with Crippen molar-refractivity contribution < 1.29 is 13.2 Å². The van der Waals surface area contributed by atoms with Gasteiger partial charge in [-0.2, -0.15) is 4.31 Å². The maximum atomic E-state index is 12.6. The normalized spacial score (nSPS) is 21.5. The second-order valence-corrected chi connectivity index (χ2v) is 8.90. The van der Waals surface area contributed by atoms with Crippen LogP contribution in [0.4, 0.5) is 0 Å². The summed E-state index contributed by atoms with van der Waals surface area (Å²) < 4.78 is 32.3. The van der Waals surface area contributed by atoms with E-state index in [-0.39, 0.29) is 6.10 Å². The summed E-state index contributed by atoms with van der Waals surface area (Å²) in [5, 5.41) is 6.55. The van der Waals surface area contributed by atoms with Crippen molar-refractivity contribution in [3.8, 4) is 0 Å². The van der Waals surface area contributed by atoms with E-state index in [1.54, 1.807) is 16.4 Å². The average Bonchev–Trinajstić information content (AvgIpc) is 3.38. The van der Waals surface area contributed by atoms with Crippen LogP contribution in [-0.2, 0) is 21.3 Å². The molecule has 2 heterocycles. The van der Waals surface area contributed by atoms with Crippen LogP contribution in [0, 0.1) is 0 Å². The summed E-state index contributed by atoms with van der Waals surface area (Å²) in [4.78, 5) is 4.95. The number of guanidine groups is 1. The lowest BCUT2D eigenvalue weighted by molar-refractivity contribution is 0.114. The number of hydrogen-bond donors (Lipinski definition) is 2. The molecule has 2 aliphatic rings. The van der Waals surface area contributed by atoms with Gasteiger partial charge in [0.15, 0.2) is 5.96 Å². The van der Waals surface area contributed by atoms with E-state index in [2.05, 4.69) is 15.6 Å². The monoisotopic (exact) mass is 394 g/mol. The quantitative estimate of drug-likeness (QED) is 0.543. The Balaban J connectivity index is 1.59. The smallest absolute Gasteiger partial charge is 0.243 e. The summed E-state index contributed by atoms with van der Waals surface area (Å²) in [6, 6.07) is 7.06. The molecule has 0 aliphatic carbocycles. The van der Waals surface area contributed by atoms with Crippen LogP contribution in [0.3, 0.4) is 0 Å². The summed E-state index contributed by atoms with van der Waals surface area (Å²) >= 11 is 0. The molecule has 1 atom stereocenters. The third-order valence-electron chi connectivity index (χ3n) is 4.91. The van der Waals surface area contributed by atoms with E-state index < -0.39 is 10.0 Å². The molecule has 3 rings (SSSR count). The molecule has 0 radical (unpaired) electrons. The van der Waals surface area contributed by atoms with Gasteiger partial charge in [0, 0.05) is 32.8 Å². The Morgan fingerprint density at radius 3 is 2.56 bits per heavy atom. The molecule has 1 aromatic carbocycles. The fourth-order valence-corrected chi connectivity index (χ4v) is 4.89. The molecule has 2 saturated heterocycles. The van der Waals surface area contributed by atoms with Crippen molar-refractivity contribution in [3.05, 3.63) is 29.8 Å². The van der Waals surface area contributed by atoms with E-state index in [0.717, 1.165) is 56.9 Å². The second kappa shape index (κ2) is 9.52. The minimum absolute atomic E-state index is 0.254. The Kier molecular flexibility index (Phi) is 7.09. The van der Waals surface area contributed by atoms with Gasteiger partial charge in [-0.1, -0.05) is 12.1 Å². The molecule has 0 spiro atoms. The van der Waals surface area contributed by atoms with Crippen LogP contribution in [0.1, 0.15) is 38.2 Å². The topological polar surface area (TPSA) is 83.0 Å². The summed E-state index contributed by atoms with van der Waals surface area (Å²) in [7, 11) is -3.35. The van der Waals surface area contributed by atoms with Crippen molar-refractivity contribution >= 4 is 16.0 Å². The van der Waals surface area contributed by atoms with Gasteiger partial charge in [0.2, 0.25) is 10.0 Å². The molecule has 7 nitrogen and oxygen atoms in total. The Morgan fingerprint density at radius 2 is 1.93 bits per heavy atom. The molecule has 1 aromatic rings. The first-order valence-electron chi connectivity index (χ1n) is 9.82. The van der Waals surface area contributed by atoms with Crippen molar-refractivity contribution in [1.29, 1.82) is 0 Å². The van der Waals surface area contributed by atoms with Crippen molar-refractivity contribution in [2.75, 3.05) is 32.8 Å². The molecule has 2 N–H and O–H groups in total. The molecule has 2 aliphatic heterocycles. The maximum absolute atomic E-state index is 12.6. The lowest BCUT2D eigenvalue weighted by Gasteiger charge is -2.16. The molecule has 27 heavy (non-hydrogen) atoms. The molecule has 0 bridgehead atoms. The average molecular weight is 395 g/mol. The van der Waals surface area contributed by atoms with Crippen LogP contribution in [0.2, 0.25) is 0 Å². The van der Waals surface area contributed by atoms with Gasteiger partial charge < -0.3 is 15.4 Å². The largest absolute Gasteiger partial charge is 0.376 e. The number of nitrogens with zero attached hydrogens (tertiary/aromatic N) is 2. The minimum Gasteiger partial charge on any atom is -0.376 e.